The number of hydrogen-bond donors (Lipinski definition) is 2. The molecule has 2 rings (SSSR count). The van der Waals surface area contributed by atoms with Gasteiger partial charge in [0.15, 0.2) is 0 Å². The summed E-state index contributed by atoms with van der Waals surface area (Å²) in [6.07, 6.45) is 3.26. The summed E-state index contributed by atoms with van der Waals surface area (Å²) in [4.78, 5) is 40.4. The minimum atomic E-state index is -0.355. The Hall–Kier alpha value is -2.97. The Balaban J connectivity index is 0.000000257. The fraction of sp³-hybridized carbons (Fsp3) is 0.438. The van der Waals surface area contributed by atoms with E-state index in [0.29, 0.717) is 5.82 Å². The van der Waals surface area contributed by atoms with Gasteiger partial charge in [-0.3, -0.25) is 13.9 Å². The molecule has 0 aliphatic carbocycles. The topological polar surface area (TPSA) is 125 Å². The summed E-state index contributed by atoms with van der Waals surface area (Å²) < 4.78 is 3.02. The molecule has 3 N–H and O–H groups in total. The van der Waals surface area contributed by atoms with E-state index in [4.69, 9.17) is 5.73 Å². The Morgan fingerprint density at radius 3 is 1.88 bits per heavy atom. The van der Waals surface area contributed by atoms with Gasteiger partial charge in [-0.15, -0.1) is 0 Å². The normalized spacial score (nSPS) is 10.4. The second-order valence-electron chi connectivity index (χ2n) is 5.91. The largest absolute Gasteiger partial charge is 0.383 e. The van der Waals surface area contributed by atoms with Crippen molar-refractivity contribution >= 4 is 17.5 Å². The van der Waals surface area contributed by atoms with Crippen molar-refractivity contribution in [3.63, 3.8) is 0 Å². The molecule has 0 aliphatic rings. The fourth-order valence-corrected chi connectivity index (χ4v) is 1.87. The molecule has 0 unspecified atom stereocenters. The summed E-state index contributed by atoms with van der Waals surface area (Å²) in [5.74, 6) is 0.325. The number of nitrogen functional groups attached to an aromatic ring is 1. The van der Waals surface area contributed by atoms with Crippen molar-refractivity contribution in [3.05, 3.63) is 45.5 Å². The molecule has 0 saturated carbocycles. The van der Waals surface area contributed by atoms with E-state index in [9.17, 15) is 14.4 Å². The van der Waals surface area contributed by atoms with Gasteiger partial charge in [0.1, 0.15) is 11.6 Å². The van der Waals surface area contributed by atoms with Gasteiger partial charge in [0, 0.05) is 31.4 Å². The lowest BCUT2D eigenvalue weighted by atomic mass is 10.4. The highest BCUT2D eigenvalue weighted by molar-refractivity contribution is 5.87. The van der Waals surface area contributed by atoms with Crippen LogP contribution in [0.5, 0.6) is 0 Å². The highest BCUT2D eigenvalue weighted by Crippen LogP contribution is 2.02. The minimum Gasteiger partial charge on any atom is -0.383 e. The lowest BCUT2D eigenvalue weighted by Gasteiger charge is -2.08. The molecule has 2 aromatic heterocycles. The Bertz CT molecular complexity index is 838. The summed E-state index contributed by atoms with van der Waals surface area (Å²) in [5.41, 5.74) is 4.66. The van der Waals surface area contributed by atoms with Crippen LogP contribution < -0.4 is 22.4 Å². The van der Waals surface area contributed by atoms with Gasteiger partial charge in [0.05, 0.1) is 0 Å². The molecule has 2 heterocycles. The molecule has 9 nitrogen and oxygen atoms in total. The highest BCUT2D eigenvalue weighted by Gasteiger charge is 2.03. The molecule has 0 aliphatic heterocycles. The second-order valence-corrected chi connectivity index (χ2v) is 5.91. The third kappa shape index (κ3) is 6.21. The van der Waals surface area contributed by atoms with E-state index < -0.39 is 0 Å². The average molecular weight is 348 g/mol. The molecule has 136 valence electrons. The number of anilines is 2. The number of nitrogens with two attached hydrogens (primary N) is 1. The van der Waals surface area contributed by atoms with E-state index >= 15 is 0 Å². The van der Waals surface area contributed by atoms with Gasteiger partial charge in [0.25, 0.3) is 0 Å². The maximum absolute atomic E-state index is 11.4. The Morgan fingerprint density at radius 2 is 1.48 bits per heavy atom. The van der Waals surface area contributed by atoms with Gasteiger partial charge in [-0.1, -0.05) is 0 Å². The van der Waals surface area contributed by atoms with Crippen LogP contribution in [0.4, 0.5) is 11.6 Å². The van der Waals surface area contributed by atoms with Gasteiger partial charge in [-0.25, -0.2) is 9.59 Å². The number of amides is 1. The van der Waals surface area contributed by atoms with Crippen LogP contribution in [0.25, 0.3) is 0 Å². The average Bonchev–Trinajstić information content (AvgIpc) is 2.46. The highest BCUT2D eigenvalue weighted by atomic mass is 16.2. The molecule has 9 heteroatoms. The number of rotatable bonds is 3. The van der Waals surface area contributed by atoms with Crippen molar-refractivity contribution in [1.29, 1.82) is 0 Å². The van der Waals surface area contributed by atoms with Crippen LogP contribution in [0.3, 0.4) is 0 Å². The summed E-state index contributed by atoms with van der Waals surface area (Å²) in [6.45, 7) is 8.98. The zero-order valence-electron chi connectivity index (χ0n) is 15.1. The summed E-state index contributed by atoms with van der Waals surface area (Å²) in [6, 6.07) is 3.42. The fourth-order valence-electron chi connectivity index (χ4n) is 1.87. The molecule has 0 atom stereocenters. The first-order valence-corrected chi connectivity index (χ1v) is 7.83. The van der Waals surface area contributed by atoms with Crippen molar-refractivity contribution < 1.29 is 4.79 Å². The SMILES string of the molecule is CC(=O)Nc1ccn(C(C)C)c(=O)n1.CC(C)n1ccc(N)nc1=O. The van der Waals surface area contributed by atoms with Crippen molar-refractivity contribution in [3.8, 4) is 0 Å². The zero-order chi connectivity index (χ0) is 19.1. The van der Waals surface area contributed by atoms with E-state index in [1.54, 1.807) is 24.5 Å². The third-order valence-electron chi connectivity index (χ3n) is 3.10. The maximum atomic E-state index is 11.4. The number of aromatic nitrogens is 4. The van der Waals surface area contributed by atoms with Crippen LogP contribution in [0.1, 0.15) is 46.7 Å². The zero-order valence-corrected chi connectivity index (χ0v) is 15.1. The summed E-state index contributed by atoms with van der Waals surface area (Å²) in [5, 5.41) is 2.45. The molecule has 0 aromatic carbocycles. The lowest BCUT2D eigenvalue weighted by molar-refractivity contribution is -0.114. The molecule has 1 amide bonds. The summed E-state index contributed by atoms with van der Waals surface area (Å²) >= 11 is 0. The van der Waals surface area contributed by atoms with E-state index in [0.717, 1.165) is 0 Å². The smallest absolute Gasteiger partial charge is 0.349 e. The van der Waals surface area contributed by atoms with Gasteiger partial charge in [0.2, 0.25) is 5.91 Å². The summed E-state index contributed by atoms with van der Waals surface area (Å²) in [7, 11) is 0. The van der Waals surface area contributed by atoms with Gasteiger partial charge < -0.3 is 11.1 Å². The molecular weight excluding hydrogens is 324 g/mol. The monoisotopic (exact) mass is 348 g/mol. The molecule has 0 saturated heterocycles. The number of hydrogen-bond acceptors (Lipinski definition) is 6. The number of carbonyl (C=O) groups excluding carboxylic acids is 1. The molecule has 0 spiro atoms. The minimum absolute atomic E-state index is 0.0707. The molecule has 0 radical (unpaired) electrons. The van der Waals surface area contributed by atoms with Gasteiger partial charge in [-0.05, 0) is 39.8 Å². The Kier molecular flexibility index (Phi) is 7.04. The molecule has 2 aromatic rings. The maximum Gasteiger partial charge on any atom is 0.349 e. The lowest BCUT2D eigenvalue weighted by Crippen LogP contribution is -2.25. The molecular formula is C16H24N6O3. The van der Waals surface area contributed by atoms with E-state index in [-0.39, 0.29) is 35.2 Å². The van der Waals surface area contributed by atoms with Crippen molar-refractivity contribution in [2.75, 3.05) is 11.1 Å². The predicted octanol–water partition coefficient (Wildman–Crippen LogP) is 1.19. The Labute approximate surface area is 145 Å². The van der Waals surface area contributed by atoms with Crippen LogP contribution in [-0.4, -0.2) is 25.0 Å². The van der Waals surface area contributed by atoms with Crippen molar-refractivity contribution in [1.82, 2.24) is 19.1 Å². The van der Waals surface area contributed by atoms with E-state index in [2.05, 4.69) is 15.3 Å². The van der Waals surface area contributed by atoms with Crippen LogP contribution in [0, 0.1) is 0 Å². The quantitative estimate of drug-likeness (QED) is 0.858. The van der Waals surface area contributed by atoms with Gasteiger partial charge in [-0.2, -0.15) is 9.97 Å². The van der Waals surface area contributed by atoms with Crippen LogP contribution in [-0.2, 0) is 4.79 Å². The second kappa shape index (κ2) is 8.76. The van der Waals surface area contributed by atoms with Crippen LogP contribution >= 0.6 is 0 Å². The first kappa shape index (κ1) is 20.1. The first-order valence-electron chi connectivity index (χ1n) is 7.83. The van der Waals surface area contributed by atoms with Crippen LogP contribution in [0.2, 0.25) is 0 Å². The number of nitrogens with zero attached hydrogens (tertiary/aromatic N) is 4. The standard InChI is InChI=1S/C9H13N3O2.C7H11N3O/c1-6(2)12-5-4-8(10-7(3)13)11-9(12)14;1-5(2)10-4-3-6(8)9-7(10)11/h4-6H,1-3H3,(H,10,11,13,14);3-5H,1-2H3,(H2,8,9,11). The van der Waals surface area contributed by atoms with E-state index in [1.807, 2.05) is 27.7 Å². The Morgan fingerprint density at radius 1 is 1.00 bits per heavy atom. The van der Waals surface area contributed by atoms with Crippen LogP contribution in [0.15, 0.2) is 34.1 Å². The third-order valence-corrected chi connectivity index (χ3v) is 3.10. The van der Waals surface area contributed by atoms with Crippen molar-refractivity contribution in [2.45, 2.75) is 46.7 Å². The first-order chi connectivity index (χ1) is 11.6. The molecule has 0 bridgehead atoms. The van der Waals surface area contributed by atoms with Gasteiger partial charge >= 0.3 is 11.4 Å². The molecule has 25 heavy (non-hydrogen) atoms. The number of nitrogens with one attached hydrogen (secondary N) is 1. The molecule has 0 fully saturated rings. The number of carbonyl (C=O) groups is 1. The van der Waals surface area contributed by atoms with Crippen molar-refractivity contribution in [2.24, 2.45) is 0 Å². The van der Waals surface area contributed by atoms with E-state index in [1.165, 1.54) is 16.1 Å². The predicted molar refractivity (Wildman–Crippen MR) is 96.5 cm³/mol.